The van der Waals surface area contributed by atoms with E-state index in [-0.39, 0.29) is 0 Å². The molecule has 0 fully saturated rings. The molecule has 2 rings (SSSR count). The first-order valence-electron chi connectivity index (χ1n) is 6.44. The fraction of sp³-hybridized carbons (Fsp3) is 0.467. The molecule has 1 heterocycles. The van der Waals surface area contributed by atoms with Crippen molar-refractivity contribution in [2.45, 2.75) is 26.3 Å². The van der Waals surface area contributed by atoms with Crippen LogP contribution in [0.1, 0.15) is 31.1 Å². The highest BCUT2D eigenvalue weighted by Crippen LogP contribution is 2.40. The zero-order chi connectivity index (χ0) is 14.0. The summed E-state index contributed by atoms with van der Waals surface area (Å²) in [7, 11) is 5.22. The van der Waals surface area contributed by atoms with E-state index in [1.54, 1.807) is 14.2 Å². The Morgan fingerprint density at radius 1 is 1.21 bits per heavy atom. The maximum absolute atomic E-state index is 5.96. The van der Waals surface area contributed by atoms with Crippen molar-refractivity contribution >= 4 is 11.0 Å². The van der Waals surface area contributed by atoms with Crippen LogP contribution < -0.4 is 14.8 Å². The molecular weight excluding hydrogens is 242 g/mol. The van der Waals surface area contributed by atoms with Crippen LogP contribution in [0, 0.1) is 0 Å². The number of benzene rings is 1. The smallest absolute Gasteiger partial charge is 0.142 e. The number of rotatable bonds is 5. The average molecular weight is 263 g/mol. The number of methoxy groups -OCH3 is 2. The third-order valence-corrected chi connectivity index (χ3v) is 3.21. The van der Waals surface area contributed by atoms with E-state index >= 15 is 0 Å². The second-order valence-electron chi connectivity index (χ2n) is 4.83. The summed E-state index contributed by atoms with van der Waals surface area (Å²) in [6.07, 6.45) is 0. The van der Waals surface area contributed by atoms with Gasteiger partial charge in [-0.2, -0.15) is 0 Å². The first-order chi connectivity index (χ1) is 9.12. The molecule has 0 aliphatic carbocycles. The van der Waals surface area contributed by atoms with Gasteiger partial charge >= 0.3 is 0 Å². The van der Waals surface area contributed by atoms with Gasteiger partial charge in [-0.05, 0) is 13.0 Å². The van der Waals surface area contributed by atoms with Gasteiger partial charge in [-0.3, -0.25) is 0 Å². The quantitative estimate of drug-likeness (QED) is 0.899. The van der Waals surface area contributed by atoms with Crippen LogP contribution in [0.25, 0.3) is 11.0 Å². The first-order valence-corrected chi connectivity index (χ1v) is 6.44. The predicted molar refractivity (Wildman–Crippen MR) is 76.2 cm³/mol. The van der Waals surface area contributed by atoms with Crippen LogP contribution in [-0.4, -0.2) is 21.3 Å². The number of furan rings is 1. The minimum atomic E-state index is 0.367. The second-order valence-corrected chi connectivity index (χ2v) is 4.83. The van der Waals surface area contributed by atoms with Crippen molar-refractivity contribution in [3.63, 3.8) is 0 Å². The molecule has 4 nitrogen and oxygen atoms in total. The monoisotopic (exact) mass is 263 g/mol. The lowest BCUT2D eigenvalue weighted by atomic mass is 9.98. The van der Waals surface area contributed by atoms with E-state index in [2.05, 4.69) is 19.2 Å². The van der Waals surface area contributed by atoms with Crippen LogP contribution in [0.4, 0.5) is 0 Å². The molecule has 0 bridgehead atoms. The summed E-state index contributed by atoms with van der Waals surface area (Å²) in [4.78, 5) is 0. The lowest BCUT2D eigenvalue weighted by Gasteiger charge is -2.09. The highest BCUT2D eigenvalue weighted by atomic mass is 16.5. The number of ether oxygens (including phenoxy) is 2. The number of hydrogen-bond donors (Lipinski definition) is 1. The Bertz CT molecular complexity index is 572. The summed E-state index contributed by atoms with van der Waals surface area (Å²) in [5, 5.41) is 4.19. The van der Waals surface area contributed by atoms with Gasteiger partial charge in [-0.1, -0.05) is 13.8 Å². The van der Waals surface area contributed by atoms with Crippen molar-refractivity contribution in [3.8, 4) is 11.5 Å². The lowest BCUT2D eigenvalue weighted by molar-refractivity contribution is 0.397. The molecule has 0 unspecified atom stereocenters. The average Bonchev–Trinajstić information content (AvgIpc) is 2.75. The van der Waals surface area contributed by atoms with Crippen LogP contribution in [-0.2, 0) is 6.54 Å². The summed E-state index contributed by atoms with van der Waals surface area (Å²) in [6, 6.07) is 3.80. The van der Waals surface area contributed by atoms with Crippen molar-refractivity contribution in [3.05, 3.63) is 23.5 Å². The summed E-state index contributed by atoms with van der Waals surface area (Å²) in [6.45, 7) is 5.02. The van der Waals surface area contributed by atoms with Crippen LogP contribution in [0.15, 0.2) is 16.5 Å². The Labute approximate surface area is 113 Å². The Morgan fingerprint density at radius 3 is 2.47 bits per heavy atom. The third-order valence-electron chi connectivity index (χ3n) is 3.21. The van der Waals surface area contributed by atoms with Crippen molar-refractivity contribution in [1.29, 1.82) is 0 Å². The van der Waals surface area contributed by atoms with Crippen LogP contribution in [0.2, 0.25) is 0 Å². The fourth-order valence-corrected chi connectivity index (χ4v) is 2.42. The van der Waals surface area contributed by atoms with Gasteiger partial charge in [0, 0.05) is 17.7 Å². The molecule has 0 aliphatic heterocycles. The standard InChI is InChI=1S/C15H21NO3/c1-9(2)14-13(8-16-3)19-12-7-10(17-4)6-11(18-5)15(12)14/h6-7,9,16H,8H2,1-5H3. The molecule has 1 aromatic heterocycles. The highest BCUT2D eigenvalue weighted by Gasteiger charge is 2.21. The van der Waals surface area contributed by atoms with Crippen LogP contribution >= 0.6 is 0 Å². The molecule has 19 heavy (non-hydrogen) atoms. The summed E-state index contributed by atoms with van der Waals surface area (Å²) >= 11 is 0. The molecule has 0 aliphatic rings. The molecule has 2 aromatic rings. The van der Waals surface area contributed by atoms with Gasteiger partial charge < -0.3 is 19.2 Å². The molecule has 1 aromatic carbocycles. The van der Waals surface area contributed by atoms with Gasteiger partial charge in [-0.25, -0.2) is 0 Å². The lowest BCUT2D eigenvalue weighted by Crippen LogP contribution is -2.06. The van der Waals surface area contributed by atoms with Gasteiger partial charge in [-0.15, -0.1) is 0 Å². The molecule has 0 saturated carbocycles. The van der Waals surface area contributed by atoms with Crippen molar-refractivity contribution < 1.29 is 13.9 Å². The highest BCUT2D eigenvalue weighted by molar-refractivity contribution is 5.90. The summed E-state index contributed by atoms with van der Waals surface area (Å²) in [5.74, 6) is 2.86. The minimum Gasteiger partial charge on any atom is -0.496 e. The van der Waals surface area contributed by atoms with Gasteiger partial charge in [0.25, 0.3) is 0 Å². The fourth-order valence-electron chi connectivity index (χ4n) is 2.42. The largest absolute Gasteiger partial charge is 0.496 e. The molecule has 0 atom stereocenters. The zero-order valence-corrected chi connectivity index (χ0v) is 12.2. The summed E-state index contributed by atoms with van der Waals surface area (Å²) in [5.41, 5.74) is 2.01. The van der Waals surface area contributed by atoms with Gasteiger partial charge in [0.05, 0.1) is 26.2 Å². The molecule has 104 valence electrons. The van der Waals surface area contributed by atoms with Gasteiger partial charge in [0.15, 0.2) is 0 Å². The molecule has 0 amide bonds. The van der Waals surface area contributed by atoms with Gasteiger partial charge in [0.2, 0.25) is 0 Å². The molecule has 0 radical (unpaired) electrons. The predicted octanol–water partition coefficient (Wildman–Crippen LogP) is 3.29. The van der Waals surface area contributed by atoms with Crippen molar-refractivity contribution in [2.24, 2.45) is 0 Å². The van der Waals surface area contributed by atoms with Crippen molar-refractivity contribution in [2.75, 3.05) is 21.3 Å². The first kappa shape index (κ1) is 13.7. The van der Waals surface area contributed by atoms with E-state index in [1.807, 2.05) is 19.2 Å². The summed E-state index contributed by atoms with van der Waals surface area (Å²) < 4.78 is 16.7. The van der Waals surface area contributed by atoms with Crippen LogP contribution in [0.5, 0.6) is 11.5 Å². The Balaban J connectivity index is 2.75. The van der Waals surface area contributed by atoms with E-state index in [1.165, 1.54) is 5.56 Å². The Hall–Kier alpha value is -1.68. The number of hydrogen-bond acceptors (Lipinski definition) is 4. The molecular formula is C15H21NO3. The van der Waals surface area contributed by atoms with Gasteiger partial charge in [0.1, 0.15) is 22.8 Å². The topological polar surface area (TPSA) is 43.6 Å². The molecule has 1 N–H and O–H groups in total. The number of nitrogens with one attached hydrogen (secondary N) is 1. The van der Waals surface area contributed by atoms with E-state index < -0.39 is 0 Å². The second kappa shape index (κ2) is 5.53. The molecule has 4 heteroatoms. The molecule has 0 spiro atoms. The van der Waals surface area contributed by atoms with Crippen molar-refractivity contribution in [1.82, 2.24) is 5.32 Å². The Morgan fingerprint density at radius 2 is 1.95 bits per heavy atom. The van der Waals surface area contributed by atoms with Crippen LogP contribution in [0.3, 0.4) is 0 Å². The maximum Gasteiger partial charge on any atom is 0.142 e. The number of fused-ring (bicyclic) bond motifs is 1. The van der Waals surface area contributed by atoms with E-state index in [0.29, 0.717) is 12.5 Å². The van der Waals surface area contributed by atoms with E-state index in [4.69, 9.17) is 13.9 Å². The Kier molecular flexibility index (Phi) is 4.00. The van der Waals surface area contributed by atoms with E-state index in [9.17, 15) is 0 Å². The SMILES string of the molecule is CNCc1oc2cc(OC)cc(OC)c2c1C(C)C. The molecule has 0 saturated heterocycles. The minimum absolute atomic E-state index is 0.367. The normalized spacial score (nSPS) is 11.3. The maximum atomic E-state index is 5.96. The third kappa shape index (κ3) is 2.40. The zero-order valence-electron chi connectivity index (χ0n) is 12.2. The van der Waals surface area contributed by atoms with E-state index in [0.717, 1.165) is 28.2 Å².